The molecule has 0 unspecified atom stereocenters. The first-order valence-electron chi connectivity index (χ1n) is 10.2. The van der Waals surface area contributed by atoms with E-state index >= 15 is 0 Å². The third kappa shape index (κ3) is 4.42. The van der Waals surface area contributed by atoms with E-state index < -0.39 is 0 Å². The zero-order valence-electron chi connectivity index (χ0n) is 16.5. The third-order valence-corrected chi connectivity index (χ3v) is 5.92. The molecule has 2 saturated heterocycles. The quantitative estimate of drug-likeness (QED) is 0.805. The Hall–Kier alpha value is -2.89. The summed E-state index contributed by atoms with van der Waals surface area (Å²) in [5.74, 6) is -0.547. The van der Waals surface area contributed by atoms with Crippen LogP contribution in [0.2, 0.25) is 0 Å². The topological polar surface area (TPSA) is 61.4 Å². The highest BCUT2D eigenvalue weighted by atomic mass is 19.1. The molecular formula is C23H26FN3O2. The van der Waals surface area contributed by atoms with E-state index in [1.54, 1.807) is 0 Å². The number of anilines is 1. The second kappa shape index (κ2) is 8.23. The second-order valence-electron chi connectivity index (χ2n) is 8.09. The Balaban J connectivity index is 1.41. The van der Waals surface area contributed by atoms with Crippen LogP contribution in [0, 0.1) is 12.7 Å². The second-order valence-corrected chi connectivity index (χ2v) is 8.09. The molecule has 2 fully saturated rings. The number of nitrogens with zero attached hydrogens (tertiary/aromatic N) is 1. The minimum Gasteiger partial charge on any atom is -0.349 e. The first kappa shape index (κ1) is 19.4. The summed E-state index contributed by atoms with van der Waals surface area (Å²) in [7, 11) is 0. The molecule has 0 radical (unpaired) electrons. The summed E-state index contributed by atoms with van der Waals surface area (Å²) in [5.41, 5.74) is 2.36. The lowest BCUT2D eigenvalue weighted by Gasteiger charge is -2.48. The molecule has 2 aliphatic heterocycles. The lowest BCUT2D eigenvalue weighted by atomic mass is 9.82. The summed E-state index contributed by atoms with van der Waals surface area (Å²) in [6.07, 6.45) is 4.47. The van der Waals surface area contributed by atoms with Crippen molar-refractivity contribution in [2.45, 2.75) is 57.2 Å². The molecule has 0 aliphatic carbocycles. The third-order valence-electron chi connectivity index (χ3n) is 5.92. The van der Waals surface area contributed by atoms with Gasteiger partial charge >= 0.3 is 6.03 Å². The van der Waals surface area contributed by atoms with Crippen LogP contribution in [-0.2, 0) is 0 Å². The average Bonchev–Trinajstić information content (AvgIpc) is 2.67. The molecule has 2 atom stereocenters. The number of halogens is 1. The Bertz CT molecular complexity index is 885. The summed E-state index contributed by atoms with van der Waals surface area (Å²) in [5, 5.41) is 6.11. The van der Waals surface area contributed by atoms with Gasteiger partial charge in [0.15, 0.2) is 0 Å². The van der Waals surface area contributed by atoms with E-state index in [-0.39, 0.29) is 35.9 Å². The number of rotatable bonds is 3. The van der Waals surface area contributed by atoms with E-state index in [4.69, 9.17) is 0 Å². The Morgan fingerprint density at radius 3 is 2.38 bits per heavy atom. The Kier molecular flexibility index (Phi) is 5.51. The van der Waals surface area contributed by atoms with Crippen molar-refractivity contribution in [3.05, 3.63) is 65.5 Å². The van der Waals surface area contributed by atoms with Gasteiger partial charge in [-0.05, 0) is 81.0 Å². The molecule has 3 amide bonds. The maximum Gasteiger partial charge on any atom is 0.322 e. The fraction of sp³-hybridized carbons (Fsp3) is 0.391. The fourth-order valence-corrected chi connectivity index (χ4v) is 4.61. The summed E-state index contributed by atoms with van der Waals surface area (Å²) >= 11 is 0. The number of aryl methyl sites for hydroxylation is 1. The number of fused-ring (bicyclic) bond motifs is 2. The monoisotopic (exact) mass is 395 g/mol. The Morgan fingerprint density at radius 2 is 1.72 bits per heavy atom. The first-order valence-corrected chi connectivity index (χ1v) is 10.2. The number of amides is 3. The van der Waals surface area contributed by atoms with Gasteiger partial charge in [0.25, 0.3) is 5.91 Å². The molecule has 2 heterocycles. The number of hydrogen-bond donors (Lipinski definition) is 2. The molecule has 2 bridgehead atoms. The molecule has 2 aromatic rings. The van der Waals surface area contributed by atoms with Gasteiger partial charge in [-0.1, -0.05) is 12.1 Å². The van der Waals surface area contributed by atoms with Gasteiger partial charge in [-0.15, -0.1) is 0 Å². The van der Waals surface area contributed by atoms with Crippen LogP contribution in [0.25, 0.3) is 0 Å². The highest BCUT2D eigenvalue weighted by Crippen LogP contribution is 2.34. The number of hydrogen-bond acceptors (Lipinski definition) is 2. The molecule has 2 aromatic carbocycles. The average molecular weight is 395 g/mol. The molecular weight excluding hydrogens is 369 g/mol. The van der Waals surface area contributed by atoms with Crippen LogP contribution in [0.4, 0.5) is 14.9 Å². The normalized spacial score (nSPS) is 23.4. The standard InChI is InChI=1S/C23H26FN3O2/c1-15-4-2-5-18(12-15)26-23(29)27-20-6-3-7-21(27)14-19(13-20)25-22(28)16-8-10-17(24)11-9-16/h2,4-5,8-12,19-21H,3,6-7,13-14H2,1H3,(H,25,28)(H,26,29)/t20-,21-/m0/s1. The molecule has 2 aliphatic rings. The summed E-state index contributed by atoms with van der Waals surface area (Å²) in [6, 6.07) is 13.6. The molecule has 0 aromatic heterocycles. The minimum atomic E-state index is -0.357. The summed E-state index contributed by atoms with van der Waals surface area (Å²) in [6.45, 7) is 2.00. The van der Waals surface area contributed by atoms with Crippen LogP contribution in [0.1, 0.15) is 48.0 Å². The van der Waals surface area contributed by atoms with E-state index in [0.29, 0.717) is 5.56 Å². The zero-order valence-corrected chi connectivity index (χ0v) is 16.5. The maximum atomic E-state index is 13.1. The van der Waals surface area contributed by atoms with Gasteiger partial charge in [0.2, 0.25) is 0 Å². The molecule has 0 spiro atoms. The molecule has 6 heteroatoms. The predicted octanol–water partition coefficient (Wildman–Crippen LogP) is 4.48. The highest BCUT2D eigenvalue weighted by Gasteiger charge is 2.41. The summed E-state index contributed by atoms with van der Waals surface area (Å²) < 4.78 is 13.1. The van der Waals surface area contributed by atoms with Crippen molar-refractivity contribution in [3.63, 3.8) is 0 Å². The van der Waals surface area contributed by atoms with Crippen molar-refractivity contribution in [1.82, 2.24) is 10.2 Å². The van der Waals surface area contributed by atoms with Crippen molar-refractivity contribution >= 4 is 17.6 Å². The van der Waals surface area contributed by atoms with Crippen molar-refractivity contribution in [2.24, 2.45) is 0 Å². The van der Waals surface area contributed by atoms with E-state index in [0.717, 1.165) is 43.4 Å². The molecule has 152 valence electrons. The van der Waals surface area contributed by atoms with E-state index in [1.165, 1.54) is 24.3 Å². The van der Waals surface area contributed by atoms with Crippen molar-refractivity contribution in [1.29, 1.82) is 0 Å². The fourth-order valence-electron chi connectivity index (χ4n) is 4.61. The smallest absolute Gasteiger partial charge is 0.322 e. The van der Waals surface area contributed by atoms with E-state index in [1.807, 2.05) is 36.1 Å². The Labute approximate surface area is 170 Å². The number of benzene rings is 2. The van der Waals surface area contributed by atoms with Gasteiger partial charge in [0.05, 0.1) is 0 Å². The van der Waals surface area contributed by atoms with Gasteiger partial charge in [0, 0.05) is 29.4 Å². The number of nitrogens with one attached hydrogen (secondary N) is 2. The minimum absolute atomic E-state index is 0.0193. The molecule has 4 rings (SSSR count). The highest BCUT2D eigenvalue weighted by molar-refractivity contribution is 5.94. The van der Waals surface area contributed by atoms with Crippen molar-refractivity contribution < 1.29 is 14.0 Å². The van der Waals surface area contributed by atoms with Crippen LogP contribution in [0.3, 0.4) is 0 Å². The van der Waals surface area contributed by atoms with Gasteiger partial charge in [-0.2, -0.15) is 0 Å². The van der Waals surface area contributed by atoms with Gasteiger partial charge < -0.3 is 15.5 Å². The van der Waals surface area contributed by atoms with Gasteiger partial charge in [-0.3, -0.25) is 4.79 Å². The number of carbonyl (C=O) groups is 2. The predicted molar refractivity (Wildman–Crippen MR) is 110 cm³/mol. The lowest BCUT2D eigenvalue weighted by Crippen LogP contribution is -2.59. The van der Waals surface area contributed by atoms with E-state index in [9.17, 15) is 14.0 Å². The van der Waals surface area contributed by atoms with Crippen LogP contribution in [-0.4, -0.2) is 35.0 Å². The Morgan fingerprint density at radius 1 is 1.03 bits per heavy atom. The number of carbonyl (C=O) groups excluding carboxylic acids is 2. The molecule has 5 nitrogen and oxygen atoms in total. The SMILES string of the molecule is Cc1cccc(NC(=O)N2[C@H]3CCC[C@H]2CC(NC(=O)c2ccc(F)cc2)C3)c1. The van der Waals surface area contributed by atoms with Crippen molar-refractivity contribution in [3.8, 4) is 0 Å². The largest absolute Gasteiger partial charge is 0.349 e. The number of piperidine rings is 2. The molecule has 2 N–H and O–H groups in total. The number of urea groups is 1. The zero-order chi connectivity index (χ0) is 20.4. The van der Waals surface area contributed by atoms with Gasteiger partial charge in [-0.25, -0.2) is 9.18 Å². The van der Waals surface area contributed by atoms with Gasteiger partial charge in [0.1, 0.15) is 5.82 Å². The van der Waals surface area contributed by atoms with Crippen molar-refractivity contribution in [2.75, 3.05) is 5.32 Å². The van der Waals surface area contributed by atoms with Crippen LogP contribution in [0.5, 0.6) is 0 Å². The maximum absolute atomic E-state index is 13.1. The summed E-state index contributed by atoms with van der Waals surface area (Å²) in [4.78, 5) is 27.5. The van der Waals surface area contributed by atoms with Crippen LogP contribution < -0.4 is 10.6 Å². The lowest BCUT2D eigenvalue weighted by molar-refractivity contribution is 0.0577. The first-order chi connectivity index (χ1) is 14.0. The molecule has 29 heavy (non-hydrogen) atoms. The van der Waals surface area contributed by atoms with Crippen LogP contribution in [0.15, 0.2) is 48.5 Å². The van der Waals surface area contributed by atoms with Crippen LogP contribution >= 0.6 is 0 Å². The van der Waals surface area contributed by atoms with E-state index in [2.05, 4.69) is 10.6 Å². The molecule has 0 saturated carbocycles.